The second-order valence-electron chi connectivity index (χ2n) is 21.5. The molecule has 7 aliphatic carbocycles. The molecular formula is C56H88O15. The minimum Gasteiger partial charge on any atom is -0.462 e. The molecule has 0 aromatic heterocycles. The highest BCUT2D eigenvalue weighted by molar-refractivity contribution is 5.88. The fourth-order valence-corrected chi connectivity index (χ4v) is 10.6. The molecule has 0 heterocycles. The molecule has 7 rings (SSSR count). The van der Waals surface area contributed by atoms with E-state index in [9.17, 15) is 39.3 Å². The van der Waals surface area contributed by atoms with Gasteiger partial charge in [-0.2, -0.15) is 0 Å². The summed E-state index contributed by atoms with van der Waals surface area (Å²) in [5.74, 6) is 2.39. The second-order valence-corrected chi connectivity index (χ2v) is 21.5. The van der Waals surface area contributed by atoms with Gasteiger partial charge in [0.25, 0.3) is 0 Å². The number of esters is 5. The van der Waals surface area contributed by atoms with E-state index in [1.807, 2.05) is 0 Å². The molecule has 7 aliphatic rings. The third kappa shape index (κ3) is 21.1. The average molecular weight is 1000 g/mol. The maximum absolute atomic E-state index is 11.3. The molecule has 15 heteroatoms. The van der Waals surface area contributed by atoms with E-state index in [2.05, 4.69) is 32.9 Å². The van der Waals surface area contributed by atoms with Gasteiger partial charge >= 0.3 is 29.8 Å². The van der Waals surface area contributed by atoms with Gasteiger partial charge in [-0.15, -0.1) is 0 Å². The van der Waals surface area contributed by atoms with Gasteiger partial charge in [-0.3, -0.25) is 0 Å². The highest BCUT2D eigenvalue weighted by Gasteiger charge is 2.47. The first-order valence-electron chi connectivity index (χ1n) is 26.0. The molecule has 7 saturated carbocycles. The predicted molar refractivity (Wildman–Crippen MR) is 269 cm³/mol. The molecule has 0 saturated heterocycles. The number of carbonyl (C=O) groups is 5. The van der Waals surface area contributed by atoms with E-state index in [-0.39, 0.29) is 61.0 Å². The van der Waals surface area contributed by atoms with Gasteiger partial charge in [0.15, 0.2) is 0 Å². The summed E-state index contributed by atoms with van der Waals surface area (Å²) >= 11 is 0. The molecule has 5 N–H and O–H groups in total. The molecule has 0 amide bonds. The average Bonchev–Trinajstić information content (AvgIpc) is 4.14. The lowest BCUT2D eigenvalue weighted by molar-refractivity contribution is -0.152. The number of aliphatic hydroxyl groups excluding tert-OH is 5. The maximum Gasteiger partial charge on any atom is 0.333 e. The van der Waals surface area contributed by atoms with E-state index in [4.69, 9.17) is 33.9 Å². The number of rotatable bonds is 14. The van der Waals surface area contributed by atoms with Crippen LogP contribution in [0.25, 0.3) is 0 Å². The van der Waals surface area contributed by atoms with Gasteiger partial charge in [-0.05, 0) is 191 Å². The van der Waals surface area contributed by atoms with Crippen LogP contribution in [0.15, 0.2) is 60.8 Å². The largest absolute Gasteiger partial charge is 0.462 e. The van der Waals surface area contributed by atoms with E-state index in [0.29, 0.717) is 95.0 Å². The Hall–Kier alpha value is -4.15. The molecule has 0 spiro atoms. The van der Waals surface area contributed by atoms with Gasteiger partial charge in [0.2, 0.25) is 0 Å². The van der Waals surface area contributed by atoms with E-state index in [1.165, 1.54) is 6.42 Å². The van der Waals surface area contributed by atoms with Crippen molar-refractivity contribution in [2.24, 2.45) is 47.3 Å². The zero-order chi connectivity index (χ0) is 52.9. The van der Waals surface area contributed by atoms with E-state index in [0.717, 1.165) is 109 Å². The lowest BCUT2D eigenvalue weighted by Gasteiger charge is -2.27. The Morgan fingerprint density at radius 1 is 0.423 bits per heavy atom. The van der Waals surface area contributed by atoms with Gasteiger partial charge in [0, 0.05) is 41.1 Å². The molecule has 7 fully saturated rings. The predicted octanol–water partition coefficient (Wildman–Crippen LogP) is 7.75. The van der Waals surface area contributed by atoms with Crippen LogP contribution in [-0.2, 0) is 47.7 Å². The van der Waals surface area contributed by atoms with Crippen molar-refractivity contribution >= 4 is 29.8 Å². The Morgan fingerprint density at radius 2 is 0.887 bits per heavy atom. The van der Waals surface area contributed by atoms with Crippen molar-refractivity contribution in [1.29, 1.82) is 0 Å². The van der Waals surface area contributed by atoms with Gasteiger partial charge in [0.1, 0.15) is 18.3 Å². The first-order chi connectivity index (χ1) is 33.5. The van der Waals surface area contributed by atoms with Crippen molar-refractivity contribution in [2.75, 3.05) is 26.4 Å². The number of ether oxygens (including phenoxy) is 5. The zero-order valence-corrected chi connectivity index (χ0v) is 43.5. The number of hydrogen-bond acceptors (Lipinski definition) is 15. The third-order valence-corrected chi connectivity index (χ3v) is 15.1. The van der Waals surface area contributed by atoms with Crippen molar-refractivity contribution in [2.45, 2.75) is 187 Å². The molecule has 4 bridgehead atoms. The summed E-state index contributed by atoms with van der Waals surface area (Å²) in [6.07, 6.45) is 15.6. The van der Waals surface area contributed by atoms with Crippen LogP contribution in [0.2, 0.25) is 0 Å². The number of fused-ring (bicyclic) bond motifs is 4. The Morgan fingerprint density at radius 3 is 1.34 bits per heavy atom. The molecule has 10 atom stereocenters. The quantitative estimate of drug-likeness (QED) is 0.0636. The summed E-state index contributed by atoms with van der Waals surface area (Å²) < 4.78 is 25.9. The fourth-order valence-electron chi connectivity index (χ4n) is 10.6. The van der Waals surface area contributed by atoms with Crippen LogP contribution in [-0.4, -0.2) is 118 Å². The van der Waals surface area contributed by atoms with Crippen molar-refractivity contribution in [3.8, 4) is 0 Å². The topological polar surface area (TPSA) is 233 Å². The summed E-state index contributed by atoms with van der Waals surface area (Å²) in [6.45, 7) is 27.5. The van der Waals surface area contributed by atoms with Crippen LogP contribution in [0.3, 0.4) is 0 Å². The molecule has 10 unspecified atom stereocenters. The van der Waals surface area contributed by atoms with Crippen molar-refractivity contribution < 1.29 is 73.2 Å². The maximum atomic E-state index is 11.3. The molecule has 15 nitrogen and oxygen atoms in total. The minimum absolute atomic E-state index is 0.0207. The highest BCUT2D eigenvalue weighted by atomic mass is 16.6. The first-order valence-corrected chi connectivity index (χ1v) is 26.0. The third-order valence-electron chi connectivity index (χ3n) is 15.1. The highest BCUT2D eigenvalue weighted by Crippen LogP contribution is 2.51. The Labute approximate surface area is 423 Å². The lowest BCUT2D eigenvalue weighted by atomic mass is 9.83. The van der Waals surface area contributed by atoms with Crippen molar-refractivity contribution in [3.05, 3.63) is 60.8 Å². The number of aliphatic hydroxyl groups is 5. The van der Waals surface area contributed by atoms with Gasteiger partial charge in [-0.25, -0.2) is 24.0 Å². The van der Waals surface area contributed by atoms with Gasteiger partial charge < -0.3 is 49.2 Å². The van der Waals surface area contributed by atoms with Crippen molar-refractivity contribution in [1.82, 2.24) is 0 Å². The zero-order valence-electron chi connectivity index (χ0n) is 43.5. The number of hydrogen-bond donors (Lipinski definition) is 5. The molecule has 0 radical (unpaired) electrons. The van der Waals surface area contributed by atoms with E-state index in [1.54, 1.807) is 34.6 Å². The fraction of sp³-hybridized carbons (Fsp3) is 0.732. The minimum atomic E-state index is -0.489. The van der Waals surface area contributed by atoms with Crippen LogP contribution in [0, 0.1) is 47.3 Å². The molecule has 0 aliphatic heterocycles. The molecule has 71 heavy (non-hydrogen) atoms. The molecular weight excluding hydrogens is 913 g/mol. The first kappa shape index (κ1) is 61.2. The van der Waals surface area contributed by atoms with Gasteiger partial charge in [-0.1, -0.05) is 39.3 Å². The van der Waals surface area contributed by atoms with E-state index < -0.39 is 12.1 Å². The van der Waals surface area contributed by atoms with E-state index >= 15 is 0 Å². The van der Waals surface area contributed by atoms with Crippen LogP contribution in [0.1, 0.15) is 150 Å². The van der Waals surface area contributed by atoms with Crippen molar-refractivity contribution in [3.63, 3.8) is 0 Å². The summed E-state index contributed by atoms with van der Waals surface area (Å²) in [5.41, 5.74) is 2.20. The monoisotopic (exact) mass is 1000 g/mol. The molecule has 0 aromatic rings. The molecule has 0 aromatic carbocycles. The SMILES string of the molecule is C=C(C)C(=O)OC1CC2CC1CC2O.C=C(C)C(=O)OC1CCC(O)CC1.C=C(C)C(=O)OC1CCCCC1O.C=C(C)C(=O)OCC1CC2CC1CC2CO.C=C(C)C(=O)OCC1CCC(CO)CC1. The van der Waals surface area contributed by atoms with Crippen LogP contribution in [0.4, 0.5) is 0 Å². The Bertz CT molecular complexity index is 1800. The van der Waals surface area contributed by atoms with Crippen LogP contribution in [0.5, 0.6) is 0 Å². The normalized spacial score (nSPS) is 31.9. The summed E-state index contributed by atoms with van der Waals surface area (Å²) in [4.78, 5) is 55.9. The standard InChI is InChI=1S/C13H20O3.C12H20O3.C11H16O3.2C10H16O3/c1-8(2)13(15)16-7-12-5-9-3-10(12)4-11(9)6-14;1-9(2)12(14)15-8-11-5-3-10(7-13)4-6-11;1-6(2)11(13)14-10-5-7-3-8(10)4-9(7)12;1-7(2)10(12)13-9-5-3-8(11)4-6-9;1-7(2)10(12)13-9-6-4-3-5-8(9)11/h9-12,14H,1,3-7H2,2H3;10-11,13H,1,3-8H2,2H3;7-10,12H,1,3-5H2,2H3;2*8-9,11H,1,3-6H2,2H3. The Kier molecular flexibility index (Phi) is 26.5. The smallest absolute Gasteiger partial charge is 0.333 e. The van der Waals surface area contributed by atoms with Crippen LogP contribution >= 0.6 is 0 Å². The van der Waals surface area contributed by atoms with Gasteiger partial charge in [0.05, 0.1) is 31.5 Å². The van der Waals surface area contributed by atoms with Crippen LogP contribution < -0.4 is 0 Å². The summed E-state index contributed by atoms with van der Waals surface area (Å²) in [7, 11) is 0. The second kappa shape index (κ2) is 30.8. The number of carbonyl (C=O) groups excluding carboxylic acids is 5. The lowest BCUT2D eigenvalue weighted by Crippen LogP contribution is -2.34. The Balaban J connectivity index is 0.000000235. The summed E-state index contributed by atoms with van der Waals surface area (Å²) in [6, 6.07) is 0. The summed E-state index contributed by atoms with van der Waals surface area (Å²) in [5, 5.41) is 46.4. The molecule has 402 valence electrons.